The van der Waals surface area contributed by atoms with Crippen molar-refractivity contribution < 1.29 is 65.5 Å². The van der Waals surface area contributed by atoms with Gasteiger partial charge in [-0.25, -0.2) is 0 Å². The molecule has 0 spiro atoms. The van der Waals surface area contributed by atoms with Crippen LogP contribution in [0.1, 0.15) is 43.0 Å². The van der Waals surface area contributed by atoms with E-state index in [1.54, 1.807) is 24.3 Å². The highest BCUT2D eigenvalue weighted by Gasteiger charge is 2.23. The van der Waals surface area contributed by atoms with Crippen LogP contribution in [-0.2, 0) is 41.3 Å². The number of amides is 2. The van der Waals surface area contributed by atoms with Gasteiger partial charge in [0, 0.05) is 46.0 Å². The van der Waals surface area contributed by atoms with E-state index in [1.807, 2.05) is 0 Å². The number of hydrogen-bond acceptors (Lipinski definition) is 14. The number of carboxylic acids is 2. The van der Waals surface area contributed by atoms with Gasteiger partial charge < -0.3 is 31.1 Å². The van der Waals surface area contributed by atoms with Crippen LogP contribution in [0.5, 0.6) is 11.5 Å². The molecule has 0 saturated heterocycles. The van der Waals surface area contributed by atoms with E-state index < -0.39 is 65.3 Å². The second kappa shape index (κ2) is 18.6. The standard InChI is InChI=1S/C40H32N4O14S4/c45-33(46)19-59-17-23-13-29(37(49)35-27(23)3-1-11-41-35)39(51)43-25-9-7-21(31(15-25)61(53,54)55)5-6-22-8-10-26(16-32(22)62(56,57)58)44-40(52)30-14-24(18-60-20-34(47)48)28-4-2-12-42-36(28)38(30)50/h1-16,49-50H,17-20H2,(H,43,51)(H,44,52)(H,45,46)(H,47,48)(H,53,54,55)(H,56,57,58)/b6-5+. The zero-order valence-electron chi connectivity index (χ0n) is 31.5. The Hall–Kier alpha value is -6.56. The smallest absolute Gasteiger partial charge is 0.313 e. The molecule has 2 aromatic heterocycles. The molecule has 0 aliphatic heterocycles. The molecule has 2 amide bonds. The van der Waals surface area contributed by atoms with Crippen LogP contribution in [0.25, 0.3) is 34.0 Å². The quantitative estimate of drug-likeness (QED) is 0.0408. The van der Waals surface area contributed by atoms with Crippen molar-refractivity contribution in [1.82, 2.24) is 9.97 Å². The van der Waals surface area contributed by atoms with Gasteiger partial charge in [-0.1, -0.05) is 36.4 Å². The molecule has 0 aliphatic carbocycles. The predicted octanol–water partition coefficient (Wildman–Crippen LogP) is 6.00. The Bertz CT molecular complexity index is 2860. The second-order valence-corrected chi connectivity index (χ2v) is 17.9. The third-order valence-electron chi connectivity index (χ3n) is 8.90. The van der Waals surface area contributed by atoms with Gasteiger partial charge in [-0.05, 0) is 70.8 Å². The van der Waals surface area contributed by atoms with Crippen LogP contribution < -0.4 is 10.6 Å². The average Bonchev–Trinajstić information content (AvgIpc) is 3.21. The molecule has 0 unspecified atom stereocenters. The van der Waals surface area contributed by atoms with Gasteiger partial charge in [-0.2, -0.15) is 16.8 Å². The van der Waals surface area contributed by atoms with Gasteiger partial charge in [0.05, 0.1) is 22.6 Å². The van der Waals surface area contributed by atoms with Crippen molar-refractivity contribution in [2.75, 3.05) is 22.1 Å². The molecule has 0 atom stereocenters. The van der Waals surface area contributed by atoms with Crippen LogP contribution in [0.2, 0.25) is 0 Å². The normalized spacial score (nSPS) is 11.8. The first-order chi connectivity index (χ1) is 29.3. The van der Waals surface area contributed by atoms with E-state index >= 15 is 0 Å². The van der Waals surface area contributed by atoms with E-state index in [-0.39, 0.29) is 67.7 Å². The average molecular weight is 921 g/mol. The highest BCUT2D eigenvalue weighted by atomic mass is 32.2. The number of carbonyl (C=O) groups excluding carboxylic acids is 2. The summed E-state index contributed by atoms with van der Waals surface area (Å²) in [5.74, 6) is -5.09. The van der Waals surface area contributed by atoms with E-state index in [0.717, 1.165) is 47.8 Å². The monoisotopic (exact) mass is 920 g/mol. The van der Waals surface area contributed by atoms with Crippen LogP contribution in [0.4, 0.5) is 11.4 Å². The van der Waals surface area contributed by atoms with Crippen LogP contribution in [0.3, 0.4) is 0 Å². The number of carboxylic acid groups (broad SMARTS) is 2. The number of nitrogens with zero attached hydrogens (tertiary/aromatic N) is 2. The van der Waals surface area contributed by atoms with Crippen molar-refractivity contribution in [2.24, 2.45) is 0 Å². The number of hydrogen-bond donors (Lipinski definition) is 8. The topological polar surface area (TPSA) is 308 Å². The summed E-state index contributed by atoms with van der Waals surface area (Å²) < 4.78 is 70.5. The Kier molecular flexibility index (Phi) is 13.5. The van der Waals surface area contributed by atoms with Crippen molar-refractivity contribution in [3.8, 4) is 11.5 Å². The fourth-order valence-corrected chi connectivity index (χ4v) is 9.10. The SMILES string of the molecule is O=C(O)CSCc1cc(C(=O)Nc2ccc(/C=C/c3ccc(NC(=O)c4cc(CSCC(=O)O)c5cccnc5c4O)cc3S(=O)(=O)O)c(S(=O)(=O)O)c2)c(O)c2ncccc12. The van der Waals surface area contributed by atoms with Gasteiger partial charge >= 0.3 is 11.9 Å². The summed E-state index contributed by atoms with van der Waals surface area (Å²) in [7, 11) is -10.0. The molecule has 0 fully saturated rings. The fraction of sp³-hybridized carbons (Fsp3) is 0.100. The third kappa shape index (κ3) is 10.5. The number of aliphatic carboxylic acids is 2. The minimum atomic E-state index is -5.02. The third-order valence-corrected chi connectivity index (χ3v) is 12.7. The summed E-state index contributed by atoms with van der Waals surface area (Å²) in [6, 6.07) is 15.8. The van der Waals surface area contributed by atoms with Gasteiger partial charge in [0.15, 0.2) is 11.5 Å². The molecular weight excluding hydrogens is 889 g/mol. The molecule has 18 nitrogen and oxygen atoms in total. The minimum absolute atomic E-state index is 0.0613. The lowest BCUT2D eigenvalue weighted by Crippen LogP contribution is -2.14. The summed E-state index contributed by atoms with van der Waals surface area (Å²) in [4.78, 5) is 55.9. The molecule has 0 bridgehead atoms. The number of phenols is 2. The molecule has 0 aliphatic rings. The molecule has 320 valence electrons. The molecule has 22 heteroatoms. The van der Waals surface area contributed by atoms with Crippen molar-refractivity contribution in [3.05, 3.63) is 119 Å². The number of aromatic hydroxyl groups is 2. The maximum absolute atomic E-state index is 13.5. The zero-order valence-corrected chi connectivity index (χ0v) is 34.8. The van der Waals surface area contributed by atoms with Crippen LogP contribution in [-0.4, -0.2) is 91.6 Å². The van der Waals surface area contributed by atoms with Gasteiger partial charge in [0.1, 0.15) is 20.8 Å². The summed E-state index contributed by atoms with van der Waals surface area (Å²) in [6.07, 6.45) is 4.97. The highest BCUT2D eigenvalue weighted by molar-refractivity contribution is 7.99. The first kappa shape index (κ1) is 45.0. The largest absolute Gasteiger partial charge is 0.505 e. The Labute approximate surface area is 360 Å². The molecule has 2 heterocycles. The van der Waals surface area contributed by atoms with E-state index in [4.69, 9.17) is 10.2 Å². The summed E-state index contributed by atoms with van der Waals surface area (Å²) in [6.45, 7) is 0. The Morgan fingerprint density at radius 2 is 0.984 bits per heavy atom. The van der Waals surface area contributed by atoms with Gasteiger partial charge in [-0.15, -0.1) is 23.5 Å². The number of pyridine rings is 2. The molecule has 8 N–H and O–H groups in total. The fourth-order valence-electron chi connectivity index (χ4n) is 6.21. The number of thioether (sulfide) groups is 2. The molecule has 6 rings (SSSR count). The minimum Gasteiger partial charge on any atom is -0.505 e. The number of rotatable bonds is 16. The summed E-state index contributed by atoms with van der Waals surface area (Å²) >= 11 is 2.09. The maximum Gasteiger partial charge on any atom is 0.313 e. The van der Waals surface area contributed by atoms with Crippen molar-refractivity contribution in [2.45, 2.75) is 21.3 Å². The molecule has 6 aromatic rings. The first-order valence-corrected chi connectivity index (χ1v) is 22.8. The van der Waals surface area contributed by atoms with Crippen molar-refractivity contribution >= 4 is 113 Å². The number of nitrogens with one attached hydrogen (secondary N) is 2. The van der Waals surface area contributed by atoms with Crippen LogP contribution in [0, 0.1) is 0 Å². The predicted molar refractivity (Wildman–Crippen MR) is 232 cm³/mol. The Morgan fingerprint density at radius 1 is 0.597 bits per heavy atom. The lowest BCUT2D eigenvalue weighted by Gasteiger charge is -2.14. The molecule has 0 radical (unpaired) electrons. The van der Waals surface area contributed by atoms with Gasteiger partial charge in [0.2, 0.25) is 0 Å². The van der Waals surface area contributed by atoms with Crippen LogP contribution in [0.15, 0.2) is 95.0 Å². The summed E-state index contributed by atoms with van der Waals surface area (Å²) in [5, 5.41) is 45.9. The van der Waals surface area contributed by atoms with E-state index in [2.05, 4.69) is 20.6 Å². The van der Waals surface area contributed by atoms with E-state index in [9.17, 15) is 55.3 Å². The second-order valence-electron chi connectivity index (χ2n) is 13.1. The van der Waals surface area contributed by atoms with E-state index in [0.29, 0.717) is 21.9 Å². The number of benzene rings is 4. The number of aromatic nitrogens is 2. The lowest BCUT2D eigenvalue weighted by molar-refractivity contribution is -0.134. The van der Waals surface area contributed by atoms with E-state index in [1.165, 1.54) is 48.8 Å². The maximum atomic E-state index is 13.5. The molecular formula is C40H32N4O14S4. The first-order valence-electron chi connectivity index (χ1n) is 17.6. The van der Waals surface area contributed by atoms with Crippen molar-refractivity contribution in [3.63, 3.8) is 0 Å². The van der Waals surface area contributed by atoms with Crippen molar-refractivity contribution in [1.29, 1.82) is 0 Å². The number of phenolic OH excluding ortho intramolecular Hbond substituents is 2. The zero-order chi connectivity index (χ0) is 44.9. The number of anilines is 2. The Morgan fingerprint density at radius 3 is 1.34 bits per heavy atom. The molecule has 62 heavy (non-hydrogen) atoms. The number of carbonyl (C=O) groups is 4. The lowest BCUT2D eigenvalue weighted by atomic mass is 10.0. The molecule has 4 aromatic carbocycles. The highest BCUT2D eigenvalue weighted by Crippen LogP contribution is 2.35. The Balaban J connectivity index is 1.27. The van der Waals surface area contributed by atoms with Crippen LogP contribution >= 0.6 is 23.5 Å². The van der Waals surface area contributed by atoms with Gasteiger partial charge in [-0.3, -0.25) is 38.3 Å². The van der Waals surface area contributed by atoms with Gasteiger partial charge in [0.25, 0.3) is 32.1 Å². The molecule has 0 saturated carbocycles. The number of fused-ring (bicyclic) bond motifs is 2. The summed E-state index contributed by atoms with van der Waals surface area (Å²) in [5.41, 5.74) is -0.128.